The van der Waals surface area contributed by atoms with Crippen LogP contribution in [0.4, 0.5) is 11.4 Å². The lowest BCUT2D eigenvalue weighted by Gasteiger charge is -2.58. The zero-order chi connectivity index (χ0) is 35.6. The van der Waals surface area contributed by atoms with E-state index in [0.29, 0.717) is 23.0 Å². The van der Waals surface area contributed by atoms with Crippen LogP contribution in [0.2, 0.25) is 0 Å². The topological polar surface area (TPSA) is 21.8 Å². The second-order valence-electron chi connectivity index (χ2n) is 15.3. The summed E-state index contributed by atoms with van der Waals surface area (Å²) in [7, 11) is 0. The average Bonchev–Trinajstić information content (AvgIpc) is 3.77. The normalized spacial score (nSPS) is 30.0. The van der Waals surface area contributed by atoms with Crippen LogP contribution in [-0.4, -0.2) is 17.3 Å². The van der Waals surface area contributed by atoms with Crippen molar-refractivity contribution in [3.63, 3.8) is 0 Å². The number of benzene rings is 5. The van der Waals surface area contributed by atoms with E-state index in [-0.39, 0.29) is 24.4 Å². The highest BCUT2D eigenvalue weighted by Gasteiger charge is 2.48. The standard InChI is InChI=1S/C50H40N3S/c1-4-13-33(14-5-1)36-23-29-45-43(31-36)44-32-37(40-20-12-21-42-41-19-10-11-22-47(41)54-48(40)42)24-30-46(44)52(45)38-25-27-39(28-26-38)53-49(34-15-6-2-7-16-34)51-50(53)35-17-8-3-9-18-35/h1-32,40,43-46,48-50H/q-1/p+1. The molecule has 11 rings (SSSR count). The fourth-order valence-electron chi connectivity index (χ4n) is 9.83. The molecule has 5 aromatic rings. The fraction of sp³-hybridized carbons (Fsp3) is 0.160. The minimum atomic E-state index is 0.0745. The number of allylic oxidation sites excluding steroid dienone is 7. The summed E-state index contributed by atoms with van der Waals surface area (Å²) in [5.41, 5.74) is 12.0. The minimum absolute atomic E-state index is 0.0745. The molecule has 2 saturated heterocycles. The zero-order valence-corrected chi connectivity index (χ0v) is 30.7. The maximum absolute atomic E-state index is 5.25. The van der Waals surface area contributed by atoms with Crippen LogP contribution in [0.25, 0.3) is 16.5 Å². The monoisotopic (exact) mass is 715 g/mol. The van der Waals surface area contributed by atoms with E-state index < -0.39 is 0 Å². The predicted octanol–water partition coefficient (Wildman–Crippen LogP) is 10.7. The van der Waals surface area contributed by atoms with E-state index in [4.69, 9.17) is 5.32 Å². The first-order valence-corrected chi connectivity index (χ1v) is 20.2. The van der Waals surface area contributed by atoms with Crippen molar-refractivity contribution in [3.05, 3.63) is 227 Å². The predicted molar refractivity (Wildman–Crippen MR) is 223 cm³/mol. The van der Waals surface area contributed by atoms with Gasteiger partial charge in [0.25, 0.3) is 0 Å². The number of quaternary nitrogens is 1. The summed E-state index contributed by atoms with van der Waals surface area (Å²) in [5.74, 6) is 1.07. The molecule has 1 N–H and O–H groups in total. The van der Waals surface area contributed by atoms with Crippen molar-refractivity contribution in [1.29, 1.82) is 0 Å². The SMILES string of the molecule is C1=CC(C2=CC3C4C=C(c5ccccc5)C=CC4N(c4ccc([NH+]5C(c6ccccc6)[N-]C5c5ccccc5)cc4)C3C=C2)C2Sc3ccccc3C2=C1. The second-order valence-corrected chi connectivity index (χ2v) is 16.4. The summed E-state index contributed by atoms with van der Waals surface area (Å²) in [6, 6.07) is 51.3. The third-order valence-corrected chi connectivity index (χ3v) is 13.8. The van der Waals surface area contributed by atoms with Crippen molar-refractivity contribution in [2.75, 3.05) is 4.90 Å². The van der Waals surface area contributed by atoms with E-state index in [2.05, 4.69) is 199 Å². The Kier molecular flexibility index (Phi) is 7.82. The molecule has 0 saturated carbocycles. The van der Waals surface area contributed by atoms with E-state index >= 15 is 0 Å². The highest BCUT2D eigenvalue weighted by molar-refractivity contribution is 8.01. The molecule has 54 heavy (non-hydrogen) atoms. The summed E-state index contributed by atoms with van der Waals surface area (Å²) in [6.45, 7) is 0. The van der Waals surface area contributed by atoms with Crippen LogP contribution >= 0.6 is 11.8 Å². The third-order valence-electron chi connectivity index (χ3n) is 12.4. The maximum atomic E-state index is 5.25. The minimum Gasteiger partial charge on any atom is -0.548 e. The van der Waals surface area contributed by atoms with Crippen molar-refractivity contribution >= 4 is 34.3 Å². The molecular weight excluding hydrogens is 675 g/mol. The Morgan fingerprint density at radius 2 is 1.22 bits per heavy atom. The van der Waals surface area contributed by atoms with Crippen LogP contribution in [0, 0.1) is 17.8 Å². The van der Waals surface area contributed by atoms with Gasteiger partial charge in [0, 0.05) is 58.1 Å². The number of hydrogen-bond acceptors (Lipinski definition) is 2. The lowest BCUT2D eigenvalue weighted by molar-refractivity contribution is -0.927. The number of nitrogens with zero attached hydrogens (tertiary/aromatic N) is 2. The average molecular weight is 716 g/mol. The number of thioether (sulfide) groups is 1. The Hall–Kier alpha value is -5.39. The van der Waals surface area contributed by atoms with E-state index in [9.17, 15) is 0 Å². The van der Waals surface area contributed by atoms with Gasteiger partial charge in [-0.2, -0.15) is 0 Å². The number of anilines is 1. The number of fused-ring (bicyclic) bond motifs is 6. The van der Waals surface area contributed by atoms with Crippen LogP contribution < -0.4 is 9.80 Å². The highest BCUT2D eigenvalue weighted by atomic mass is 32.2. The zero-order valence-electron chi connectivity index (χ0n) is 29.9. The van der Waals surface area contributed by atoms with Crippen molar-refractivity contribution in [2.45, 2.75) is 34.6 Å². The Bertz CT molecular complexity index is 2350. The van der Waals surface area contributed by atoms with Gasteiger partial charge in [-0.05, 0) is 57.2 Å². The number of hydrogen-bond donors (Lipinski definition) is 1. The van der Waals surface area contributed by atoms with Gasteiger partial charge in [0.15, 0.2) is 0 Å². The first kappa shape index (κ1) is 32.1. The third kappa shape index (κ3) is 5.27. The molecule has 3 heterocycles. The van der Waals surface area contributed by atoms with Crippen LogP contribution in [0.1, 0.15) is 34.6 Å². The molecule has 3 aliphatic heterocycles. The van der Waals surface area contributed by atoms with Gasteiger partial charge >= 0.3 is 0 Å². The maximum Gasteiger partial charge on any atom is 0.129 e. The van der Waals surface area contributed by atoms with Crippen molar-refractivity contribution in [2.24, 2.45) is 17.8 Å². The molecule has 3 nitrogen and oxygen atoms in total. The summed E-state index contributed by atoms with van der Waals surface area (Å²) in [4.78, 5) is 5.48. The fourth-order valence-corrected chi connectivity index (χ4v) is 11.3. The van der Waals surface area contributed by atoms with E-state index in [1.165, 1.54) is 60.1 Å². The van der Waals surface area contributed by atoms with Gasteiger partial charge in [0.1, 0.15) is 5.69 Å². The second kappa shape index (κ2) is 13.2. The van der Waals surface area contributed by atoms with E-state index in [1.54, 1.807) is 0 Å². The molecule has 0 bridgehead atoms. The van der Waals surface area contributed by atoms with Crippen LogP contribution in [0.3, 0.4) is 0 Å². The van der Waals surface area contributed by atoms with Gasteiger partial charge in [0.05, 0.1) is 12.1 Å². The molecule has 262 valence electrons. The van der Waals surface area contributed by atoms with Gasteiger partial charge in [0.2, 0.25) is 0 Å². The molecule has 0 amide bonds. The lowest BCUT2D eigenvalue weighted by atomic mass is 9.76. The molecule has 0 aromatic heterocycles. The van der Waals surface area contributed by atoms with Gasteiger partial charge in [-0.25, -0.2) is 0 Å². The lowest BCUT2D eigenvalue weighted by Crippen LogP contribution is -3.13. The summed E-state index contributed by atoms with van der Waals surface area (Å²) < 4.78 is 0. The Morgan fingerprint density at radius 1 is 0.593 bits per heavy atom. The molecular formula is C50H41N3S. The molecule has 5 aromatic carbocycles. The van der Waals surface area contributed by atoms with Gasteiger partial charge in [-0.3, -0.25) is 0 Å². The molecule has 4 heteroatoms. The molecule has 3 aliphatic carbocycles. The first-order valence-electron chi connectivity index (χ1n) is 19.3. The van der Waals surface area contributed by atoms with Crippen LogP contribution in [0.15, 0.2) is 205 Å². The Balaban J connectivity index is 0.937. The van der Waals surface area contributed by atoms with E-state index in [0.717, 1.165) is 0 Å². The largest absolute Gasteiger partial charge is 0.548 e. The Labute approximate surface area is 322 Å². The number of nitrogens with one attached hydrogen (secondary N) is 1. The highest BCUT2D eigenvalue weighted by Crippen LogP contribution is 2.53. The van der Waals surface area contributed by atoms with Gasteiger partial charge < -0.3 is 15.1 Å². The van der Waals surface area contributed by atoms with E-state index in [1.807, 2.05) is 11.8 Å². The summed E-state index contributed by atoms with van der Waals surface area (Å²) in [6.07, 6.45) is 22.2. The first-order chi connectivity index (χ1) is 26.8. The number of rotatable bonds is 6. The van der Waals surface area contributed by atoms with Gasteiger partial charge in [-0.15, -0.1) is 11.8 Å². The molecule has 2 fully saturated rings. The molecule has 6 aliphatic rings. The summed E-state index contributed by atoms with van der Waals surface area (Å²) >= 11 is 2.04. The van der Waals surface area contributed by atoms with Crippen LogP contribution in [0.5, 0.6) is 0 Å². The van der Waals surface area contributed by atoms with Crippen molar-refractivity contribution in [3.8, 4) is 0 Å². The molecule has 0 spiro atoms. The summed E-state index contributed by atoms with van der Waals surface area (Å²) in [5, 5.41) is 5.66. The van der Waals surface area contributed by atoms with Gasteiger partial charge in [-0.1, -0.05) is 164 Å². The smallest absolute Gasteiger partial charge is 0.129 e. The van der Waals surface area contributed by atoms with Crippen molar-refractivity contribution < 1.29 is 4.90 Å². The van der Waals surface area contributed by atoms with Crippen molar-refractivity contribution in [1.82, 2.24) is 0 Å². The van der Waals surface area contributed by atoms with Crippen LogP contribution in [-0.2, 0) is 0 Å². The molecule has 0 radical (unpaired) electrons. The molecule has 8 unspecified atom stereocenters. The molecule has 8 atom stereocenters. The Morgan fingerprint density at radius 3 is 1.94 bits per heavy atom. The quantitative estimate of drug-likeness (QED) is 0.189.